The smallest absolute Gasteiger partial charge is 0.335 e. The van der Waals surface area contributed by atoms with Gasteiger partial charge < -0.3 is 15.5 Å². The highest BCUT2D eigenvalue weighted by molar-refractivity contribution is 6.01. The van der Waals surface area contributed by atoms with E-state index < -0.39 is 6.03 Å². The number of likely N-dealkylation sites (N-methyl/N-ethyl adjacent to an activating group) is 1. The van der Waals surface area contributed by atoms with Crippen molar-refractivity contribution in [2.75, 3.05) is 33.2 Å². The molecule has 0 aliphatic carbocycles. The zero-order valence-corrected chi connectivity index (χ0v) is 15.6. The summed E-state index contributed by atoms with van der Waals surface area (Å²) in [6.45, 7) is 3.71. The van der Waals surface area contributed by atoms with Gasteiger partial charge in [-0.25, -0.2) is 9.80 Å². The lowest BCUT2D eigenvalue weighted by atomic mass is 9.95. The van der Waals surface area contributed by atoms with Gasteiger partial charge in [0.2, 0.25) is 0 Å². The fourth-order valence-electron chi connectivity index (χ4n) is 3.83. The molecule has 0 spiro atoms. The predicted octanol–water partition coefficient (Wildman–Crippen LogP) is 2.27. The van der Waals surface area contributed by atoms with Crippen LogP contribution < -0.4 is 5.73 Å². The van der Waals surface area contributed by atoms with Gasteiger partial charge in [-0.15, -0.1) is 5.10 Å². The van der Waals surface area contributed by atoms with Crippen LogP contribution in [-0.2, 0) is 6.42 Å². The van der Waals surface area contributed by atoms with Gasteiger partial charge in [0.1, 0.15) is 0 Å². The molecule has 2 amide bonds. The Morgan fingerprint density at radius 1 is 1.00 bits per heavy atom. The Balaban J connectivity index is 1.80. The predicted molar refractivity (Wildman–Crippen MR) is 106 cm³/mol. The fourth-order valence-corrected chi connectivity index (χ4v) is 3.83. The number of rotatable bonds is 1. The molecule has 2 aromatic rings. The Hall–Kier alpha value is -2.86. The molecule has 1 unspecified atom stereocenters. The molecule has 1 atom stereocenters. The highest BCUT2D eigenvalue weighted by atomic mass is 16.2. The summed E-state index contributed by atoms with van der Waals surface area (Å²) < 4.78 is 0. The van der Waals surface area contributed by atoms with E-state index >= 15 is 0 Å². The second kappa shape index (κ2) is 7.40. The van der Waals surface area contributed by atoms with E-state index in [0.717, 1.165) is 43.1 Å². The zero-order chi connectivity index (χ0) is 18.8. The number of primary amides is 1. The number of amidine groups is 1. The van der Waals surface area contributed by atoms with Crippen molar-refractivity contribution < 1.29 is 4.79 Å². The van der Waals surface area contributed by atoms with Crippen LogP contribution in [0.4, 0.5) is 4.79 Å². The lowest BCUT2D eigenvalue weighted by Crippen LogP contribution is -2.48. The Kier molecular flexibility index (Phi) is 4.81. The molecule has 2 aliphatic rings. The van der Waals surface area contributed by atoms with E-state index in [9.17, 15) is 4.79 Å². The van der Waals surface area contributed by atoms with E-state index in [2.05, 4.69) is 29.0 Å². The van der Waals surface area contributed by atoms with Crippen molar-refractivity contribution in [1.29, 1.82) is 0 Å². The standard InChI is InChI=1S/C21H25N5O/c1-24-11-13-25(14-12-24)20-18-10-6-5-9-17(18)15-19(26(23-20)21(22)27)16-7-3-2-4-8-16/h2-10,19H,11-15H2,1H3,(H2,22,27). The topological polar surface area (TPSA) is 65.2 Å². The number of carbonyl (C=O) groups excluding carboxylic acids is 1. The number of benzene rings is 2. The highest BCUT2D eigenvalue weighted by Gasteiger charge is 2.31. The first kappa shape index (κ1) is 17.5. The fraction of sp³-hybridized carbons (Fsp3) is 0.333. The first-order valence-electron chi connectivity index (χ1n) is 9.37. The molecule has 2 heterocycles. The number of fused-ring (bicyclic) bond motifs is 1. The summed E-state index contributed by atoms with van der Waals surface area (Å²) in [5, 5.41) is 6.27. The SMILES string of the molecule is CN1CCN(C2=NN(C(N)=O)C(c3ccccc3)Cc3ccccc32)CC1. The molecule has 1 fully saturated rings. The quantitative estimate of drug-likeness (QED) is 0.845. The largest absolute Gasteiger partial charge is 0.352 e. The van der Waals surface area contributed by atoms with E-state index in [1.54, 1.807) is 0 Å². The van der Waals surface area contributed by atoms with Crippen LogP contribution in [0.5, 0.6) is 0 Å². The molecule has 4 rings (SSSR count). The maximum Gasteiger partial charge on any atom is 0.335 e. The summed E-state index contributed by atoms with van der Waals surface area (Å²) in [6, 6.07) is 17.6. The summed E-state index contributed by atoms with van der Waals surface area (Å²) in [5.74, 6) is 0.843. The third kappa shape index (κ3) is 3.53. The molecule has 2 aromatic carbocycles. The van der Waals surface area contributed by atoms with Crippen LogP contribution in [0.1, 0.15) is 22.7 Å². The van der Waals surface area contributed by atoms with Crippen LogP contribution in [0.2, 0.25) is 0 Å². The van der Waals surface area contributed by atoms with Gasteiger partial charge >= 0.3 is 6.03 Å². The molecule has 6 nitrogen and oxygen atoms in total. The number of carbonyl (C=O) groups is 1. The number of hydrogen-bond acceptors (Lipinski definition) is 4. The molecule has 0 aromatic heterocycles. The van der Waals surface area contributed by atoms with Gasteiger partial charge in [0.05, 0.1) is 6.04 Å². The number of hydrogen-bond donors (Lipinski definition) is 1. The van der Waals surface area contributed by atoms with Crippen molar-refractivity contribution in [3.8, 4) is 0 Å². The number of hydrazone groups is 1. The Labute approximate surface area is 159 Å². The van der Waals surface area contributed by atoms with Crippen molar-refractivity contribution in [1.82, 2.24) is 14.8 Å². The average Bonchev–Trinajstić information content (AvgIpc) is 2.87. The second-order valence-corrected chi connectivity index (χ2v) is 7.18. The molecule has 1 saturated heterocycles. The van der Waals surface area contributed by atoms with Gasteiger partial charge in [0, 0.05) is 31.7 Å². The van der Waals surface area contributed by atoms with Crippen LogP contribution >= 0.6 is 0 Å². The van der Waals surface area contributed by atoms with Crippen LogP contribution in [0.15, 0.2) is 59.7 Å². The van der Waals surface area contributed by atoms with Gasteiger partial charge in [-0.3, -0.25) is 0 Å². The summed E-state index contributed by atoms with van der Waals surface area (Å²) in [7, 11) is 2.13. The summed E-state index contributed by atoms with van der Waals surface area (Å²) in [5.41, 5.74) is 9.08. The number of piperazine rings is 1. The lowest BCUT2D eigenvalue weighted by Gasteiger charge is -2.35. The molecular formula is C21H25N5O. The Bertz CT molecular complexity index is 843. The van der Waals surface area contributed by atoms with Gasteiger partial charge in [-0.2, -0.15) is 0 Å². The molecule has 2 aliphatic heterocycles. The van der Waals surface area contributed by atoms with Crippen LogP contribution in [0.3, 0.4) is 0 Å². The zero-order valence-electron chi connectivity index (χ0n) is 15.6. The maximum absolute atomic E-state index is 12.3. The minimum atomic E-state index is -0.525. The monoisotopic (exact) mass is 363 g/mol. The number of nitrogens with two attached hydrogens (primary N) is 1. The Morgan fingerprint density at radius 3 is 2.37 bits per heavy atom. The first-order chi connectivity index (χ1) is 13.1. The molecule has 0 saturated carbocycles. The molecule has 6 heteroatoms. The van der Waals surface area contributed by atoms with Gasteiger partial charge in [0.15, 0.2) is 5.84 Å². The molecule has 140 valence electrons. The Morgan fingerprint density at radius 2 is 1.67 bits per heavy atom. The number of amides is 2. The van der Waals surface area contributed by atoms with E-state index in [0.29, 0.717) is 6.42 Å². The molecule has 0 radical (unpaired) electrons. The first-order valence-corrected chi connectivity index (χ1v) is 9.37. The lowest BCUT2D eigenvalue weighted by molar-refractivity contribution is 0.182. The van der Waals surface area contributed by atoms with Crippen molar-refractivity contribution in [2.24, 2.45) is 10.8 Å². The maximum atomic E-state index is 12.3. The van der Waals surface area contributed by atoms with Crippen LogP contribution in [0.25, 0.3) is 0 Å². The van der Waals surface area contributed by atoms with Gasteiger partial charge in [-0.1, -0.05) is 54.6 Å². The highest BCUT2D eigenvalue weighted by Crippen LogP contribution is 2.31. The van der Waals surface area contributed by atoms with E-state index in [1.165, 1.54) is 10.6 Å². The van der Waals surface area contributed by atoms with Crippen LogP contribution in [-0.4, -0.2) is 59.9 Å². The van der Waals surface area contributed by atoms with E-state index in [4.69, 9.17) is 10.8 Å². The van der Waals surface area contributed by atoms with Crippen molar-refractivity contribution >= 4 is 11.9 Å². The average molecular weight is 363 g/mol. The molecule has 27 heavy (non-hydrogen) atoms. The summed E-state index contributed by atoms with van der Waals surface area (Å²) in [4.78, 5) is 16.9. The van der Waals surface area contributed by atoms with Crippen molar-refractivity contribution in [3.05, 3.63) is 71.3 Å². The molecular weight excluding hydrogens is 338 g/mol. The summed E-state index contributed by atoms with van der Waals surface area (Å²) >= 11 is 0. The number of urea groups is 1. The minimum absolute atomic E-state index is 0.213. The molecule has 2 N–H and O–H groups in total. The van der Waals surface area contributed by atoms with Crippen LogP contribution in [0, 0.1) is 0 Å². The van der Waals surface area contributed by atoms with E-state index in [-0.39, 0.29) is 6.04 Å². The second-order valence-electron chi connectivity index (χ2n) is 7.18. The molecule has 0 bridgehead atoms. The van der Waals surface area contributed by atoms with Gasteiger partial charge in [-0.05, 0) is 24.6 Å². The normalized spacial score (nSPS) is 20.6. The third-order valence-corrected chi connectivity index (χ3v) is 5.38. The minimum Gasteiger partial charge on any atom is -0.352 e. The van der Waals surface area contributed by atoms with Gasteiger partial charge in [0.25, 0.3) is 0 Å². The van der Waals surface area contributed by atoms with Crippen molar-refractivity contribution in [2.45, 2.75) is 12.5 Å². The number of nitrogens with zero attached hydrogens (tertiary/aromatic N) is 4. The van der Waals surface area contributed by atoms with E-state index in [1.807, 2.05) is 42.5 Å². The summed E-state index contributed by atoms with van der Waals surface area (Å²) in [6.07, 6.45) is 0.684. The van der Waals surface area contributed by atoms with Crippen molar-refractivity contribution in [3.63, 3.8) is 0 Å². The third-order valence-electron chi connectivity index (χ3n) is 5.38.